The third-order valence-electron chi connectivity index (χ3n) is 3.28. The van der Waals surface area contributed by atoms with Gasteiger partial charge in [0.05, 0.1) is 6.61 Å². The summed E-state index contributed by atoms with van der Waals surface area (Å²) in [6, 6.07) is 8.89. The third-order valence-corrected chi connectivity index (χ3v) is 3.98. The topological polar surface area (TPSA) is 71.1 Å². The molecule has 1 aromatic carbocycles. The second-order valence-electron chi connectivity index (χ2n) is 5.51. The van der Waals surface area contributed by atoms with E-state index in [-0.39, 0.29) is 37.6 Å². The van der Waals surface area contributed by atoms with Crippen LogP contribution >= 0.6 is 0 Å². The molecule has 0 bridgehead atoms. The molecule has 8 heteroatoms. The van der Waals surface area contributed by atoms with Gasteiger partial charge in [0.2, 0.25) is 6.29 Å². The molecule has 0 amide bonds. The van der Waals surface area contributed by atoms with Gasteiger partial charge in [0, 0.05) is 6.92 Å². The van der Waals surface area contributed by atoms with Crippen LogP contribution < -0.4 is 34.3 Å². The van der Waals surface area contributed by atoms with E-state index in [1.165, 1.54) is 32.6 Å². The van der Waals surface area contributed by atoms with Crippen LogP contribution in [0.5, 0.6) is 5.75 Å². The van der Waals surface area contributed by atoms with Crippen molar-refractivity contribution in [1.82, 2.24) is 0 Å². The predicted octanol–water partition coefficient (Wildman–Crippen LogP) is 1.49. The summed E-state index contributed by atoms with van der Waals surface area (Å²) in [6.45, 7) is 3.79. The normalized spacial score (nSPS) is 12.4. The first kappa shape index (κ1) is 24.8. The van der Waals surface area contributed by atoms with Crippen molar-refractivity contribution in [3.63, 3.8) is 0 Å². The fourth-order valence-electron chi connectivity index (χ4n) is 2.05. The summed E-state index contributed by atoms with van der Waals surface area (Å²) >= 11 is 0. The summed E-state index contributed by atoms with van der Waals surface area (Å²) in [4.78, 5) is 4.70. The molecule has 1 aromatic rings. The van der Waals surface area contributed by atoms with Gasteiger partial charge in [-0.3, -0.25) is 0 Å². The van der Waals surface area contributed by atoms with E-state index in [4.69, 9.17) is 13.8 Å². The van der Waals surface area contributed by atoms with Crippen LogP contribution in [0.2, 0.25) is 0 Å². The second kappa shape index (κ2) is 15.0. The van der Waals surface area contributed by atoms with Crippen molar-refractivity contribution in [2.75, 3.05) is 6.61 Å². The van der Waals surface area contributed by atoms with Gasteiger partial charge in [-0.05, 0) is 18.6 Å². The van der Waals surface area contributed by atoms with Crippen molar-refractivity contribution in [2.24, 2.45) is 0 Å². The van der Waals surface area contributed by atoms with E-state index in [0.717, 1.165) is 12.8 Å². The number of ether oxygens (including phenoxy) is 1. The van der Waals surface area contributed by atoms with Crippen molar-refractivity contribution in [1.29, 1.82) is 0 Å². The molecule has 0 radical (unpaired) electrons. The Bertz CT molecular complexity index is 529. The van der Waals surface area contributed by atoms with Crippen molar-refractivity contribution in [3.8, 4) is 5.75 Å². The Morgan fingerprint density at radius 2 is 1.60 bits per heavy atom. The van der Waals surface area contributed by atoms with E-state index < -0.39 is 16.7 Å². The Kier molecular flexibility index (Phi) is 14.9. The number of para-hydroxylation sites is 1. The maximum absolute atomic E-state index is 11.5. The van der Waals surface area contributed by atoms with Crippen LogP contribution in [0.25, 0.3) is 0 Å². The Hall–Kier alpha value is -0.150. The van der Waals surface area contributed by atoms with Gasteiger partial charge in [0.15, 0.2) is 0 Å². The van der Waals surface area contributed by atoms with Gasteiger partial charge in [-0.2, -0.15) is 13.3 Å². The third kappa shape index (κ3) is 13.7. The molecule has 0 saturated carbocycles. The molecule has 1 unspecified atom stereocenters. The van der Waals surface area contributed by atoms with E-state index in [1.807, 2.05) is 6.07 Å². The monoisotopic (exact) mass is 384 g/mol. The number of hydrogen-bond donors (Lipinski definition) is 0. The summed E-state index contributed by atoms with van der Waals surface area (Å²) in [6.07, 6.45) is 6.68. The molecule has 0 aliphatic rings. The van der Waals surface area contributed by atoms with Crippen LogP contribution in [0.4, 0.5) is 0 Å². The molecule has 0 aliphatic heterocycles. The average Bonchev–Trinajstić information content (AvgIpc) is 2.56. The minimum atomic E-state index is -4.17. The number of hydrogen-bond acceptors (Lipinski definition) is 6. The van der Waals surface area contributed by atoms with Crippen LogP contribution in [0, 0.1) is 0 Å². The molecule has 0 fully saturated rings. The Morgan fingerprint density at radius 1 is 1.00 bits per heavy atom. The van der Waals surface area contributed by atoms with Crippen molar-refractivity contribution >= 4 is 10.4 Å². The van der Waals surface area contributed by atoms with E-state index in [0.29, 0.717) is 12.2 Å². The fraction of sp³-hybridized carbons (Fsp3) is 0.647. The predicted molar refractivity (Wildman–Crippen MR) is 92.7 cm³/mol. The van der Waals surface area contributed by atoms with Crippen LogP contribution in [-0.2, 0) is 23.8 Å². The van der Waals surface area contributed by atoms with Gasteiger partial charge in [-0.1, -0.05) is 68.0 Å². The molecule has 0 N–H and O–H groups in total. The zero-order valence-corrected chi connectivity index (χ0v) is 18.3. The molecule has 1 rings (SSSR count). The molecular formula is C17H29NaO6S. The van der Waals surface area contributed by atoms with E-state index in [9.17, 15) is 8.42 Å². The maximum atomic E-state index is 11.5. The molecule has 6 nitrogen and oxygen atoms in total. The second-order valence-corrected chi connectivity index (χ2v) is 6.70. The van der Waals surface area contributed by atoms with Crippen LogP contribution in [0.15, 0.2) is 30.3 Å². The summed E-state index contributed by atoms with van der Waals surface area (Å²) in [5.74, 6) is 0.551. The first-order valence-electron chi connectivity index (χ1n) is 8.49. The maximum Gasteiger partial charge on any atom is 1.00 e. The van der Waals surface area contributed by atoms with E-state index in [2.05, 4.69) is 11.3 Å². The van der Waals surface area contributed by atoms with Crippen LogP contribution in [-0.4, -0.2) is 21.3 Å². The van der Waals surface area contributed by atoms with Crippen LogP contribution in [0.3, 0.4) is 0 Å². The largest absolute Gasteiger partial charge is 1.00 e. The van der Waals surface area contributed by atoms with Crippen molar-refractivity contribution < 1.29 is 57.5 Å². The molecular weight excluding hydrogens is 355 g/mol. The average molecular weight is 384 g/mol. The summed E-state index contributed by atoms with van der Waals surface area (Å²) in [5, 5.41) is 0. The summed E-state index contributed by atoms with van der Waals surface area (Å²) in [5.41, 5.74) is 0. The smallest absolute Gasteiger partial charge is 1.00 e. The fourth-order valence-corrected chi connectivity index (χ4v) is 2.62. The molecule has 0 spiro atoms. The zero-order valence-electron chi connectivity index (χ0n) is 16.5. The van der Waals surface area contributed by atoms with Gasteiger partial charge >= 0.3 is 40.0 Å². The van der Waals surface area contributed by atoms with Crippen molar-refractivity contribution in [2.45, 2.75) is 65.1 Å². The Balaban J connectivity index is 0. The van der Waals surface area contributed by atoms with Gasteiger partial charge in [0.1, 0.15) is 5.75 Å². The van der Waals surface area contributed by atoms with Gasteiger partial charge in [-0.15, -0.1) is 0 Å². The van der Waals surface area contributed by atoms with Crippen molar-refractivity contribution in [3.05, 3.63) is 30.3 Å². The molecule has 0 aliphatic carbocycles. The van der Waals surface area contributed by atoms with Gasteiger partial charge in [0.25, 0.3) is 0 Å². The summed E-state index contributed by atoms with van der Waals surface area (Å²) in [7, 11) is -4.17. The number of rotatable bonds is 14. The standard InChI is InChI=1S/C17H28O6S.Na.H/c1-3-4-5-6-7-8-12-15-20-24(18,19)23-22-16(2)21-17-13-10-9-11-14-17;;/h9-11,13-14,16H,3-8,12,15H2,1-2H3;;/q;+1;-1. The van der Waals surface area contributed by atoms with Crippen LogP contribution in [0.1, 0.15) is 60.2 Å². The SMILES string of the molecule is CCCCCCCCCOS(=O)(=O)OOC(C)Oc1ccccc1.[H-].[Na+]. The molecule has 0 saturated heterocycles. The quantitative estimate of drug-likeness (QED) is 0.159. The number of unbranched alkanes of at least 4 members (excludes halogenated alkanes) is 6. The first-order chi connectivity index (χ1) is 11.5. The van der Waals surface area contributed by atoms with Gasteiger partial charge in [-0.25, -0.2) is 4.18 Å². The first-order valence-corrected chi connectivity index (χ1v) is 9.83. The molecule has 1 atom stereocenters. The Labute approximate surface area is 175 Å². The minimum Gasteiger partial charge on any atom is -1.00 e. The molecule has 140 valence electrons. The van der Waals surface area contributed by atoms with E-state index >= 15 is 0 Å². The zero-order chi connectivity index (χ0) is 17.7. The minimum absolute atomic E-state index is 0. The summed E-state index contributed by atoms with van der Waals surface area (Å²) < 4.78 is 37.5. The van der Waals surface area contributed by atoms with E-state index in [1.54, 1.807) is 24.3 Å². The number of benzene rings is 1. The Morgan fingerprint density at radius 3 is 2.24 bits per heavy atom. The molecule has 25 heavy (non-hydrogen) atoms. The van der Waals surface area contributed by atoms with Gasteiger partial charge < -0.3 is 6.16 Å². The molecule has 0 heterocycles. The molecule has 0 aromatic heterocycles.